The van der Waals surface area contributed by atoms with Crippen LogP contribution in [0, 0.1) is 12.7 Å². The number of anilines is 1. The number of nitrogens with zero attached hydrogens (tertiary/aromatic N) is 2. The highest BCUT2D eigenvalue weighted by atomic mass is 35.5. The molecular weight excluding hydrogens is 581 g/mol. The average Bonchev–Trinajstić information content (AvgIpc) is 3.38. The molecule has 218 valence electrons. The second-order valence-electron chi connectivity index (χ2n) is 10.0. The first kappa shape index (κ1) is 29.3. The summed E-state index contributed by atoms with van der Waals surface area (Å²) in [7, 11) is -3.97. The van der Waals surface area contributed by atoms with Gasteiger partial charge in [0.15, 0.2) is 5.65 Å². The van der Waals surface area contributed by atoms with Crippen molar-refractivity contribution in [3.63, 3.8) is 0 Å². The molecule has 42 heavy (non-hydrogen) atoms. The molecular formula is C30H29ClFN5O4S. The highest BCUT2D eigenvalue weighted by molar-refractivity contribution is 7.92. The van der Waals surface area contributed by atoms with E-state index in [0.29, 0.717) is 41.2 Å². The zero-order valence-electron chi connectivity index (χ0n) is 22.9. The van der Waals surface area contributed by atoms with Gasteiger partial charge < -0.3 is 4.98 Å². The van der Waals surface area contributed by atoms with Crippen molar-refractivity contribution < 1.29 is 12.8 Å². The molecule has 0 fully saturated rings. The lowest BCUT2D eigenvalue weighted by Gasteiger charge is -2.17. The molecule has 0 bridgehead atoms. The van der Waals surface area contributed by atoms with Crippen molar-refractivity contribution in [3.8, 4) is 0 Å². The van der Waals surface area contributed by atoms with E-state index in [0.717, 1.165) is 6.42 Å². The van der Waals surface area contributed by atoms with Crippen molar-refractivity contribution in [2.45, 2.75) is 50.5 Å². The fourth-order valence-corrected chi connectivity index (χ4v) is 6.84. The second-order valence-corrected chi connectivity index (χ2v) is 12.1. The molecule has 3 aromatic carbocycles. The number of imidazole rings is 1. The Balaban J connectivity index is 1.56. The fourth-order valence-electron chi connectivity index (χ4n) is 4.95. The Morgan fingerprint density at radius 2 is 1.76 bits per heavy atom. The Labute approximate surface area is 246 Å². The minimum Gasteiger partial charge on any atom is -0.336 e. The van der Waals surface area contributed by atoms with E-state index in [1.807, 2.05) is 6.92 Å². The largest absolute Gasteiger partial charge is 0.336 e. The van der Waals surface area contributed by atoms with Gasteiger partial charge in [-0.2, -0.15) is 0 Å². The van der Waals surface area contributed by atoms with Crippen molar-refractivity contribution in [3.05, 3.63) is 121 Å². The summed E-state index contributed by atoms with van der Waals surface area (Å²) in [4.78, 5) is 35.3. The van der Waals surface area contributed by atoms with Crippen LogP contribution in [0.5, 0.6) is 0 Å². The summed E-state index contributed by atoms with van der Waals surface area (Å²) in [6.07, 6.45) is 1.74. The molecule has 0 saturated heterocycles. The number of hydrogen-bond acceptors (Lipinski definition) is 5. The van der Waals surface area contributed by atoms with E-state index in [1.54, 1.807) is 61.5 Å². The number of halogens is 2. The van der Waals surface area contributed by atoms with Gasteiger partial charge in [0.05, 0.1) is 5.02 Å². The van der Waals surface area contributed by atoms with E-state index < -0.39 is 33.0 Å². The van der Waals surface area contributed by atoms with E-state index in [4.69, 9.17) is 11.6 Å². The lowest BCUT2D eigenvalue weighted by molar-refractivity contribution is 0.597. The standard InChI is InChI=1S/C30H29ClFN5O4S/c1-3-4-16-37-28-25(29(38)35-30(37)39)33-27(34-28)22(17-20-9-5-6-11-24(20)32)19-12-14-21(15-13-19)36-42(40,41)26-18(2)8-7-10-23(26)31/h5-15,22,36H,3-4,16-17H2,1-2H3,(H,33,34)(H,35,38,39). The zero-order chi connectivity index (χ0) is 30.0. The van der Waals surface area contributed by atoms with Gasteiger partial charge in [0.2, 0.25) is 0 Å². The van der Waals surface area contributed by atoms with Crippen LogP contribution in [0.3, 0.4) is 0 Å². The summed E-state index contributed by atoms with van der Waals surface area (Å²) in [5, 5.41) is 0.112. The van der Waals surface area contributed by atoms with Gasteiger partial charge in [0, 0.05) is 18.2 Å². The Hall–Kier alpha value is -4.22. The van der Waals surface area contributed by atoms with Crippen LogP contribution in [-0.2, 0) is 23.0 Å². The lowest BCUT2D eigenvalue weighted by Crippen LogP contribution is -2.30. The molecule has 0 spiro atoms. The third kappa shape index (κ3) is 5.88. The van der Waals surface area contributed by atoms with Crippen LogP contribution in [-0.4, -0.2) is 27.9 Å². The fraction of sp³-hybridized carbons (Fsp3) is 0.233. The number of benzene rings is 3. The highest BCUT2D eigenvalue weighted by Crippen LogP contribution is 2.31. The van der Waals surface area contributed by atoms with Crippen molar-refractivity contribution in [2.75, 3.05) is 4.72 Å². The monoisotopic (exact) mass is 609 g/mol. The number of unbranched alkanes of at least 4 members (excludes halogenated alkanes) is 1. The smallest absolute Gasteiger partial charge is 0.330 e. The third-order valence-electron chi connectivity index (χ3n) is 7.10. The summed E-state index contributed by atoms with van der Waals surface area (Å²) in [5.74, 6) is -0.578. The van der Waals surface area contributed by atoms with Crippen LogP contribution in [0.1, 0.15) is 48.2 Å². The molecule has 0 aliphatic rings. The number of aromatic amines is 2. The molecule has 2 aromatic heterocycles. The first-order valence-corrected chi connectivity index (χ1v) is 15.3. The van der Waals surface area contributed by atoms with E-state index in [9.17, 15) is 22.4 Å². The Morgan fingerprint density at radius 1 is 1.02 bits per heavy atom. The lowest BCUT2D eigenvalue weighted by atomic mass is 9.91. The molecule has 9 nitrogen and oxygen atoms in total. The number of aryl methyl sites for hydroxylation is 2. The molecule has 0 aliphatic carbocycles. The minimum absolute atomic E-state index is 0.00482. The van der Waals surface area contributed by atoms with Gasteiger partial charge in [0.25, 0.3) is 15.6 Å². The summed E-state index contributed by atoms with van der Waals surface area (Å²) in [6.45, 7) is 4.04. The Bertz CT molecular complexity index is 1960. The maximum Gasteiger partial charge on any atom is 0.330 e. The topological polar surface area (TPSA) is 130 Å². The van der Waals surface area contributed by atoms with Gasteiger partial charge in [-0.15, -0.1) is 0 Å². The van der Waals surface area contributed by atoms with Gasteiger partial charge in [-0.05, 0) is 60.7 Å². The van der Waals surface area contributed by atoms with E-state index >= 15 is 0 Å². The van der Waals surface area contributed by atoms with Crippen LogP contribution >= 0.6 is 11.6 Å². The number of aromatic nitrogens is 4. The predicted molar refractivity (Wildman–Crippen MR) is 161 cm³/mol. The summed E-state index contributed by atoms with van der Waals surface area (Å²) in [6, 6.07) is 17.8. The van der Waals surface area contributed by atoms with Crippen LogP contribution in [0.25, 0.3) is 11.2 Å². The molecule has 3 N–H and O–H groups in total. The van der Waals surface area contributed by atoms with Gasteiger partial charge in [-0.25, -0.2) is 22.6 Å². The molecule has 12 heteroatoms. The van der Waals surface area contributed by atoms with Gasteiger partial charge in [0.1, 0.15) is 22.1 Å². The maximum atomic E-state index is 14.8. The molecule has 2 heterocycles. The van der Waals surface area contributed by atoms with Crippen molar-refractivity contribution in [1.29, 1.82) is 0 Å². The number of nitrogens with one attached hydrogen (secondary N) is 3. The predicted octanol–water partition coefficient (Wildman–Crippen LogP) is 5.49. The van der Waals surface area contributed by atoms with Gasteiger partial charge in [-0.3, -0.25) is 19.1 Å². The minimum atomic E-state index is -3.97. The molecule has 0 aliphatic heterocycles. The first-order chi connectivity index (χ1) is 20.1. The molecule has 0 amide bonds. The summed E-state index contributed by atoms with van der Waals surface area (Å²) in [5.41, 5.74) is 1.17. The molecule has 1 unspecified atom stereocenters. The summed E-state index contributed by atoms with van der Waals surface area (Å²) < 4.78 is 45.0. The molecule has 0 saturated carbocycles. The van der Waals surface area contributed by atoms with E-state index in [2.05, 4.69) is 19.7 Å². The number of fused-ring (bicyclic) bond motifs is 1. The van der Waals surface area contributed by atoms with Gasteiger partial charge >= 0.3 is 5.69 Å². The van der Waals surface area contributed by atoms with Gasteiger partial charge in [-0.1, -0.05) is 67.4 Å². The van der Waals surface area contributed by atoms with Crippen molar-refractivity contribution in [2.24, 2.45) is 0 Å². The maximum absolute atomic E-state index is 14.8. The quantitative estimate of drug-likeness (QED) is 0.193. The molecule has 0 radical (unpaired) electrons. The summed E-state index contributed by atoms with van der Waals surface area (Å²) >= 11 is 6.19. The molecule has 5 aromatic rings. The number of hydrogen-bond donors (Lipinski definition) is 3. The third-order valence-corrected chi connectivity index (χ3v) is 9.11. The zero-order valence-corrected chi connectivity index (χ0v) is 24.5. The SMILES string of the molecule is CCCCn1c(=O)[nH]c(=O)c2[nH]c(C(Cc3ccccc3F)c3ccc(NS(=O)(=O)c4c(C)cccc4Cl)cc3)nc21. The highest BCUT2D eigenvalue weighted by Gasteiger charge is 2.24. The molecule has 5 rings (SSSR count). The van der Waals surface area contributed by atoms with Crippen LogP contribution in [0.15, 0.2) is 81.2 Å². The first-order valence-electron chi connectivity index (χ1n) is 13.4. The van der Waals surface area contributed by atoms with Crippen molar-refractivity contribution in [1.82, 2.24) is 19.5 Å². The van der Waals surface area contributed by atoms with Crippen LogP contribution in [0.2, 0.25) is 5.02 Å². The molecule has 1 atom stereocenters. The van der Waals surface area contributed by atoms with Crippen molar-refractivity contribution >= 4 is 38.5 Å². The average molecular weight is 610 g/mol. The van der Waals surface area contributed by atoms with E-state index in [1.165, 1.54) is 16.7 Å². The number of sulfonamides is 1. The van der Waals surface area contributed by atoms with Crippen LogP contribution < -0.4 is 16.0 Å². The van der Waals surface area contributed by atoms with E-state index in [-0.39, 0.29) is 27.5 Å². The Morgan fingerprint density at radius 3 is 2.45 bits per heavy atom. The number of H-pyrrole nitrogens is 2. The Kier molecular flexibility index (Phi) is 8.33. The van der Waals surface area contributed by atoms with Crippen LogP contribution in [0.4, 0.5) is 10.1 Å². The second kappa shape index (κ2) is 11.9. The number of rotatable bonds is 10. The normalized spacial score (nSPS) is 12.5.